The van der Waals surface area contributed by atoms with Gasteiger partial charge in [-0.1, -0.05) is 78.5 Å². The van der Waals surface area contributed by atoms with Gasteiger partial charge in [0.15, 0.2) is 11.6 Å². The molecule has 2 saturated heterocycles. The molecule has 2 spiro atoms. The molecule has 198 valence electrons. The fraction of sp³-hybridized carbons (Fsp3) is 0.323. The Bertz CT molecular complexity index is 1580. The quantitative estimate of drug-likeness (QED) is 0.466. The maximum absolute atomic E-state index is 15.2. The van der Waals surface area contributed by atoms with Crippen LogP contribution in [0.1, 0.15) is 21.5 Å². The number of ketones is 2. The van der Waals surface area contributed by atoms with E-state index in [4.69, 9.17) is 9.47 Å². The van der Waals surface area contributed by atoms with Crippen molar-refractivity contribution in [1.29, 1.82) is 0 Å². The van der Waals surface area contributed by atoms with Crippen molar-refractivity contribution >= 4 is 45.6 Å². The standard InChI is InChI=1S/C31H28N2O5S/c1-32-18-23(29(36)37-2)31(30(32)22-13-7-11-19-10-6-12-21(24(19)22)26(30)34)27(35)25(20-8-4-3-5-9-20)28(39-31)33-14-16-38-17-15-33/h3-13,23H,14-18H2,1-2H3/t23-,30-,31-/m0/s1. The van der Waals surface area contributed by atoms with E-state index >= 15 is 4.79 Å². The number of morpholine rings is 1. The Morgan fingerprint density at radius 2 is 1.69 bits per heavy atom. The lowest BCUT2D eigenvalue weighted by atomic mass is 9.69. The van der Waals surface area contributed by atoms with Gasteiger partial charge < -0.3 is 14.4 Å². The Hall–Kier alpha value is -3.46. The molecule has 3 aromatic carbocycles. The number of methoxy groups -OCH3 is 1. The van der Waals surface area contributed by atoms with Gasteiger partial charge in [0.1, 0.15) is 10.3 Å². The maximum Gasteiger partial charge on any atom is 0.311 e. The minimum absolute atomic E-state index is 0.139. The number of Topliss-reactive ketones (excluding diaryl/α,β-unsaturated/α-hetero) is 2. The third kappa shape index (κ3) is 2.99. The van der Waals surface area contributed by atoms with Crippen molar-refractivity contribution < 1.29 is 23.9 Å². The molecule has 7 nitrogen and oxygen atoms in total. The number of fused-ring (bicyclic) bond motifs is 2. The summed E-state index contributed by atoms with van der Waals surface area (Å²) in [5.41, 5.74) is 1.34. The van der Waals surface area contributed by atoms with Gasteiger partial charge in [-0.15, -0.1) is 0 Å². The second-order valence-corrected chi connectivity index (χ2v) is 11.8. The first-order valence-electron chi connectivity index (χ1n) is 13.2. The molecular formula is C31H28N2O5S. The molecule has 8 heteroatoms. The van der Waals surface area contributed by atoms with Gasteiger partial charge in [0, 0.05) is 25.2 Å². The molecule has 4 aliphatic rings. The minimum atomic E-state index is -1.45. The predicted octanol–water partition coefficient (Wildman–Crippen LogP) is 3.72. The van der Waals surface area contributed by atoms with Gasteiger partial charge in [-0.05, 0) is 28.9 Å². The largest absolute Gasteiger partial charge is 0.469 e. The molecule has 3 aliphatic heterocycles. The van der Waals surface area contributed by atoms with Crippen molar-refractivity contribution in [1.82, 2.24) is 9.80 Å². The highest BCUT2D eigenvalue weighted by atomic mass is 32.2. The van der Waals surface area contributed by atoms with E-state index in [0.717, 1.165) is 26.9 Å². The van der Waals surface area contributed by atoms with Crippen LogP contribution >= 0.6 is 11.8 Å². The van der Waals surface area contributed by atoms with Crippen LogP contribution in [0, 0.1) is 5.92 Å². The van der Waals surface area contributed by atoms with Crippen molar-refractivity contribution in [3.8, 4) is 0 Å². The summed E-state index contributed by atoms with van der Waals surface area (Å²) in [4.78, 5) is 47.7. The van der Waals surface area contributed by atoms with Crippen LogP contribution in [-0.4, -0.2) is 79.1 Å². The maximum atomic E-state index is 15.2. The molecule has 0 radical (unpaired) electrons. The molecule has 0 saturated carbocycles. The van der Waals surface area contributed by atoms with E-state index in [1.807, 2.05) is 78.7 Å². The molecule has 3 heterocycles. The first-order valence-corrected chi connectivity index (χ1v) is 14.0. The molecule has 1 aliphatic carbocycles. The van der Waals surface area contributed by atoms with E-state index in [1.165, 1.54) is 18.9 Å². The molecular weight excluding hydrogens is 512 g/mol. The third-order valence-corrected chi connectivity index (χ3v) is 10.6. The number of carbonyl (C=O) groups is 3. The number of likely N-dealkylation sites (tertiary alicyclic amines) is 1. The fourth-order valence-corrected chi connectivity index (χ4v) is 9.15. The van der Waals surface area contributed by atoms with Gasteiger partial charge in [0.25, 0.3) is 0 Å². The number of carbonyl (C=O) groups excluding carboxylic acids is 3. The highest BCUT2D eigenvalue weighted by Crippen LogP contribution is 2.67. The Kier molecular flexibility index (Phi) is 5.53. The van der Waals surface area contributed by atoms with E-state index in [1.54, 1.807) is 0 Å². The highest BCUT2D eigenvalue weighted by Gasteiger charge is 2.78. The molecule has 3 aromatic rings. The van der Waals surface area contributed by atoms with Crippen LogP contribution in [0.25, 0.3) is 16.3 Å². The molecule has 3 atom stereocenters. The number of nitrogens with zero attached hydrogens (tertiary/aromatic N) is 2. The SMILES string of the molecule is COC(=O)[C@@H]1CN(C)[C@@]2(C(=O)c3cccc4cccc2c34)[C@]12SC(N1CCOCC1)=C(c1ccccc1)C2=O. The number of hydrogen-bond acceptors (Lipinski definition) is 8. The van der Waals surface area contributed by atoms with Crippen LogP contribution < -0.4 is 0 Å². The van der Waals surface area contributed by atoms with Gasteiger partial charge in [-0.25, -0.2) is 0 Å². The molecule has 0 unspecified atom stereocenters. The number of allylic oxidation sites excluding steroid dienone is 1. The zero-order valence-electron chi connectivity index (χ0n) is 21.8. The summed E-state index contributed by atoms with van der Waals surface area (Å²) in [5.74, 6) is -1.67. The van der Waals surface area contributed by atoms with Crippen LogP contribution in [0.5, 0.6) is 0 Å². The fourth-order valence-electron chi connectivity index (χ4n) is 7.20. The van der Waals surface area contributed by atoms with Crippen molar-refractivity contribution in [2.75, 3.05) is 47.0 Å². The number of thioether (sulfide) groups is 1. The van der Waals surface area contributed by atoms with Crippen molar-refractivity contribution in [2.45, 2.75) is 10.3 Å². The number of rotatable bonds is 3. The number of hydrogen-bond donors (Lipinski definition) is 0. The molecule has 39 heavy (non-hydrogen) atoms. The van der Waals surface area contributed by atoms with Gasteiger partial charge in [0.2, 0.25) is 0 Å². The van der Waals surface area contributed by atoms with Gasteiger partial charge in [-0.2, -0.15) is 0 Å². The van der Waals surface area contributed by atoms with Crippen LogP contribution in [0.3, 0.4) is 0 Å². The van der Waals surface area contributed by atoms with Crippen LogP contribution in [0.15, 0.2) is 71.8 Å². The van der Waals surface area contributed by atoms with Crippen molar-refractivity contribution in [3.05, 3.63) is 88.4 Å². The van der Waals surface area contributed by atoms with Crippen LogP contribution in [-0.2, 0) is 24.6 Å². The highest BCUT2D eigenvalue weighted by molar-refractivity contribution is 8.06. The van der Waals surface area contributed by atoms with E-state index in [-0.39, 0.29) is 18.1 Å². The summed E-state index contributed by atoms with van der Waals surface area (Å²) < 4.78 is 9.52. The van der Waals surface area contributed by atoms with Crippen LogP contribution in [0.4, 0.5) is 0 Å². The normalized spacial score (nSPS) is 28.5. The van der Waals surface area contributed by atoms with E-state index in [2.05, 4.69) is 4.90 Å². The Morgan fingerprint density at radius 3 is 2.41 bits per heavy atom. The lowest BCUT2D eigenvalue weighted by molar-refractivity contribution is -0.147. The first-order chi connectivity index (χ1) is 19.0. The van der Waals surface area contributed by atoms with E-state index in [9.17, 15) is 9.59 Å². The zero-order chi connectivity index (χ0) is 26.9. The summed E-state index contributed by atoms with van der Waals surface area (Å²) in [6.07, 6.45) is 0. The van der Waals surface area contributed by atoms with Gasteiger partial charge in [-0.3, -0.25) is 19.3 Å². The van der Waals surface area contributed by atoms with Crippen LogP contribution in [0.2, 0.25) is 0 Å². The monoisotopic (exact) mass is 540 g/mol. The number of likely N-dealkylation sites (N-methyl/N-ethyl adjacent to an activating group) is 1. The average Bonchev–Trinajstić information content (AvgIpc) is 3.54. The lowest BCUT2D eigenvalue weighted by Crippen LogP contribution is -2.61. The second-order valence-electron chi connectivity index (χ2n) is 10.5. The number of benzene rings is 3. The summed E-state index contributed by atoms with van der Waals surface area (Å²) in [6, 6.07) is 21.2. The lowest BCUT2D eigenvalue weighted by Gasteiger charge is -2.44. The number of ether oxygens (including phenoxy) is 2. The number of esters is 1. The molecule has 0 bridgehead atoms. The molecule has 0 aromatic heterocycles. The minimum Gasteiger partial charge on any atom is -0.469 e. The first kappa shape index (κ1) is 24.6. The Balaban J connectivity index is 1.53. The smallest absolute Gasteiger partial charge is 0.311 e. The summed E-state index contributed by atoms with van der Waals surface area (Å²) in [5, 5.41) is 2.60. The average molecular weight is 541 g/mol. The van der Waals surface area contributed by atoms with Crippen molar-refractivity contribution in [2.24, 2.45) is 5.92 Å². The Morgan fingerprint density at radius 1 is 0.974 bits per heavy atom. The van der Waals surface area contributed by atoms with Gasteiger partial charge >= 0.3 is 5.97 Å². The van der Waals surface area contributed by atoms with Gasteiger partial charge in [0.05, 0.1) is 36.8 Å². The van der Waals surface area contributed by atoms with E-state index in [0.29, 0.717) is 37.4 Å². The summed E-state index contributed by atoms with van der Waals surface area (Å²) in [7, 11) is 3.21. The molecule has 0 amide bonds. The van der Waals surface area contributed by atoms with E-state index < -0.39 is 22.2 Å². The zero-order valence-corrected chi connectivity index (χ0v) is 22.6. The molecule has 7 rings (SSSR count). The predicted molar refractivity (Wildman–Crippen MR) is 149 cm³/mol. The Labute approximate surface area is 230 Å². The molecule has 0 N–H and O–H groups in total. The second kappa shape index (κ2) is 8.78. The third-order valence-electron chi connectivity index (χ3n) is 8.81. The topological polar surface area (TPSA) is 76.2 Å². The molecule has 2 fully saturated rings. The summed E-state index contributed by atoms with van der Waals surface area (Å²) >= 11 is 1.39. The summed E-state index contributed by atoms with van der Waals surface area (Å²) in [6.45, 7) is 2.56. The van der Waals surface area contributed by atoms with Crippen molar-refractivity contribution in [3.63, 3.8) is 0 Å².